The Balaban J connectivity index is 1.61. The van der Waals surface area contributed by atoms with Gasteiger partial charge in [-0.1, -0.05) is 30.3 Å². The summed E-state index contributed by atoms with van der Waals surface area (Å²) >= 11 is 1.02. The largest absolute Gasteiger partial charge is 0.489 e. The summed E-state index contributed by atoms with van der Waals surface area (Å²) in [5.41, 5.74) is 2.96. The first-order valence-electron chi connectivity index (χ1n) is 8.72. The number of carbonyl (C=O) groups is 2. The molecular formula is C21H19N3O4S. The monoisotopic (exact) mass is 409 g/mol. The molecular weight excluding hydrogens is 390 g/mol. The van der Waals surface area contributed by atoms with Gasteiger partial charge in [0.15, 0.2) is 5.17 Å². The van der Waals surface area contributed by atoms with E-state index in [0.717, 1.165) is 40.3 Å². The van der Waals surface area contributed by atoms with E-state index in [2.05, 4.69) is 20.3 Å². The van der Waals surface area contributed by atoms with Crippen molar-refractivity contribution >= 4 is 35.0 Å². The molecule has 0 spiro atoms. The van der Waals surface area contributed by atoms with Crippen LogP contribution in [0.2, 0.25) is 0 Å². The first-order chi connectivity index (χ1) is 14.0. The molecule has 1 heterocycles. The minimum atomic E-state index is -0.599. The summed E-state index contributed by atoms with van der Waals surface area (Å²) < 4.78 is 10.3. The zero-order chi connectivity index (χ0) is 20.6. The molecule has 0 bridgehead atoms. The van der Waals surface area contributed by atoms with Crippen LogP contribution in [0.15, 0.2) is 69.7 Å². The molecule has 2 aromatic carbocycles. The van der Waals surface area contributed by atoms with Gasteiger partial charge in [0.1, 0.15) is 12.4 Å². The number of thioether (sulfide) groups is 1. The zero-order valence-electron chi connectivity index (χ0n) is 15.9. The van der Waals surface area contributed by atoms with Crippen LogP contribution in [0.25, 0.3) is 0 Å². The molecule has 0 radical (unpaired) electrons. The molecule has 0 saturated carbocycles. The molecule has 0 atom stereocenters. The summed E-state index contributed by atoms with van der Waals surface area (Å²) in [5.74, 6) is -0.242. The molecule has 0 aliphatic carbocycles. The Hall–Kier alpha value is -3.39. The van der Waals surface area contributed by atoms with Crippen LogP contribution in [0, 0.1) is 6.92 Å². The average molecular weight is 409 g/mol. The van der Waals surface area contributed by atoms with Crippen LogP contribution in [0.1, 0.15) is 16.7 Å². The Kier molecular flexibility index (Phi) is 6.80. The molecule has 1 fully saturated rings. The van der Waals surface area contributed by atoms with Gasteiger partial charge in [-0.15, -0.1) is 5.10 Å². The van der Waals surface area contributed by atoms with Crippen LogP contribution in [-0.2, 0) is 20.9 Å². The molecule has 0 unspecified atom stereocenters. The summed E-state index contributed by atoms with van der Waals surface area (Å²) in [6.45, 7) is 2.45. The number of esters is 1. The first kappa shape index (κ1) is 20.3. The number of hydrogen-bond acceptors (Lipinski definition) is 7. The maximum absolute atomic E-state index is 11.8. The topological polar surface area (TPSA) is 89.3 Å². The standard InChI is InChI=1S/C21H19N3O4S/c1-14-10-17(28-13-15-6-4-3-5-7-15)9-8-16(14)12-22-24-21-23-20(26)18(29-21)11-19(25)27-2/h3-12H,13H2,1-2H3,(H,23,24,26)/b18-11+,22-12?. The predicted molar refractivity (Wildman–Crippen MR) is 113 cm³/mol. The van der Waals surface area contributed by atoms with Crippen LogP contribution in [0.4, 0.5) is 0 Å². The van der Waals surface area contributed by atoms with Crippen molar-refractivity contribution in [2.24, 2.45) is 10.2 Å². The fraction of sp³-hybridized carbons (Fsp3) is 0.143. The number of carbonyl (C=O) groups excluding carboxylic acids is 2. The second kappa shape index (κ2) is 9.70. The van der Waals surface area contributed by atoms with Crippen LogP contribution >= 0.6 is 11.8 Å². The highest BCUT2D eigenvalue weighted by atomic mass is 32.2. The number of aryl methyl sites for hydroxylation is 1. The number of hydrogen-bond donors (Lipinski definition) is 1. The number of nitrogens with zero attached hydrogens (tertiary/aromatic N) is 2. The maximum Gasteiger partial charge on any atom is 0.331 e. The van der Waals surface area contributed by atoms with Crippen molar-refractivity contribution in [1.29, 1.82) is 0 Å². The number of ether oxygens (including phenoxy) is 2. The normalized spacial score (nSPS) is 16.4. The van der Waals surface area contributed by atoms with Gasteiger partial charge in [0.2, 0.25) is 0 Å². The molecule has 29 heavy (non-hydrogen) atoms. The van der Waals surface area contributed by atoms with E-state index in [1.165, 1.54) is 7.11 Å². The second-order valence-electron chi connectivity index (χ2n) is 6.03. The molecule has 1 N–H and O–H groups in total. The third-order valence-corrected chi connectivity index (χ3v) is 4.84. The van der Waals surface area contributed by atoms with Gasteiger partial charge in [0.25, 0.3) is 5.91 Å². The lowest BCUT2D eigenvalue weighted by Gasteiger charge is -2.08. The summed E-state index contributed by atoms with van der Waals surface area (Å²) in [7, 11) is 1.25. The van der Waals surface area contributed by atoms with Crippen molar-refractivity contribution in [2.75, 3.05) is 7.11 Å². The summed E-state index contributed by atoms with van der Waals surface area (Å²) in [4.78, 5) is 23.2. The van der Waals surface area contributed by atoms with Crippen molar-refractivity contribution in [3.63, 3.8) is 0 Å². The van der Waals surface area contributed by atoms with Gasteiger partial charge < -0.3 is 9.47 Å². The van der Waals surface area contributed by atoms with Crippen LogP contribution in [0.5, 0.6) is 5.75 Å². The van der Waals surface area contributed by atoms with E-state index in [1.54, 1.807) is 6.21 Å². The van der Waals surface area contributed by atoms with Gasteiger partial charge >= 0.3 is 5.97 Å². The molecule has 2 aromatic rings. The molecule has 1 aliphatic heterocycles. The highest BCUT2D eigenvalue weighted by Gasteiger charge is 2.24. The van der Waals surface area contributed by atoms with Gasteiger partial charge in [-0.3, -0.25) is 10.1 Å². The smallest absolute Gasteiger partial charge is 0.331 e. The van der Waals surface area contributed by atoms with E-state index in [1.807, 2.05) is 55.5 Å². The van der Waals surface area contributed by atoms with E-state index in [4.69, 9.17) is 4.74 Å². The predicted octanol–water partition coefficient (Wildman–Crippen LogP) is 3.18. The molecule has 8 heteroatoms. The van der Waals surface area contributed by atoms with E-state index < -0.39 is 11.9 Å². The van der Waals surface area contributed by atoms with Crippen molar-refractivity contribution in [1.82, 2.24) is 5.32 Å². The highest BCUT2D eigenvalue weighted by Crippen LogP contribution is 2.23. The van der Waals surface area contributed by atoms with Gasteiger partial charge in [0.05, 0.1) is 18.2 Å². The van der Waals surface area contributed by atoms with Gasteiger partial charge in [-0.2, -0.15) is 5.10 Å². The Morgan fingerprint density at radius 1 is 1.21 bits per heavy atom. The summed E-state index contributed by atoms with van der Waals surface area (Å²) in [5, 5.41) is 10.8. The van der Waals surface area contributed by atoms with Crippen molar-refractivity contribution in [2.45, 2.75) is 13.5 Å². The quantitative estimate of drug-likeness (QED) is 0.343. The lowest BCUT2D eigenvalue weighted by atomic mass is 10.1. The van der Waals surface area contributed by atoms with Gasteiger partial charge in [0, 0.05) is 6.08 Å². The lowest BCUT2D eigenvalue weighted by molar-refractivity contribution is -0.135. The van der Waals surface area contributed by atoms with Crippen LogP contribution < -0.4 is 10.1 Å². The fourth-order valence-electron chi connectivity index (χ4n) is 2.41. The summed E-state index contributed by atoms with van der Waals surface area (Å²) in [6, 6.07) is 15.6. The number of nitrogens with one attached hydrogen (secondary N) is 1. The van der Waals surface area contributed by atoms with E-state index in [0.29, 0.717) is 11.8 Å². The molecule has 1 aliphatic rings. The Labute approximate surface area is 172 Å². The Bertz CT molecular complexity index is 1000. The first-order valence-corrected chi connectivity index (χ1v) is 9.54. The molecule has 7 nitrogen and oxygen atoms in total. The molecule has 3 rings (SSSR count). The van der Waals surface area contributed by atoms with E-state index in [9.17, 15) is 9.59 Å². The fourth-order valence-corrected chi connectivity index (χ4v) is 3.15. The van der Waals surface area contributed by atoms with Gasteiger partial charge in [-0.05, 0) is 53.6 Å². The third-order valence-electron chi connectivity index (χ3n) is 3.94. The third kappa shape index (κ3) is 5.79. The molecule has 1 amide bonds. The Morgan fingerprint density at radius 3 is 2.72 bits per heavy atom. The molecule has 0 aromatic heterocycles. The van der Waals surface area contributed by atoms with Crippen LogP contribution in [0.3, 0.4) is 0 Å². The number of rotatable bonds is 6. The Morgan fingerprint density at radius 2 is 2.00 bits per heavy atom. The van der Waals surface area contributed by atoms with Gasteiger partial charge in [-0.25, -0.2) is 4.79 Å². The second-order valence-corrected chi connectivity index (χ2v) is 7.06. The van der Waals surface area contributed by atoms with E-state index >= 15 is 0 Å². The van der Waals surface area contributed by atoms with E-state index in [-0.39, 0.29) is 4.91 Å². The minimum Gasteiger partial charge on any atom is -0.489 e. The average Bonchev–Trinajstić information content (AvgIpc) is 3.07. The zero-order valence-corrected chi connectivity index (χ0v) is 16.7. The van der Waals surface area contributed by atoms with Crippen molar-refractivity contribution < 1.29 is 19.1 Å². The van der Waals surface area contributed by atoms with Crippen molar-refractivity contribution in [3.8, 4) is 5.75 Å². The maximum atomic E-state index is 11.8. The number of amides is 1. The summed E-state index contributed by atoms with van der Waals surface area (Å²) in [6.07, 6.45) is 2.71. The minimum absolute atomic E-state index is 0.210. The number of methoxy groups -OCH3 is 1. The SMILES string of the molecule is COC(=O)/C=C1/S/C(=N\N=Cc2ccc(OCc3ccccc3)cc2C)NC1=O. The highest BCUT2D eigenvalue weighted by molar-refractivity contribution is 8.18. The number of benzene rings is 2. The molecule has 148 valence electrons. The molecule has 1 saturated heterocycles. The van der Waals surface area contributed by atoms with Crippen molar-refractivity contribution in [3.05, 3.63) is 76.2 Å². The van der Waals surface area contributed by atoms with Crippen LogP contribution in [-0.4, -0.2) is 30.4 Å². The number of amidine groups is 1. The lowest BCUT2D eigenvalue weighted by Crippen LogP contribution is -2.19.